The predicted octanol–water partition coefficient (Wildman–Crippen LogP) is 0.816. The molecule has 27 heavy (non-hydrogen) atoms. The van der Waals surface area contributed by atoms with Gasteiger partial charge in [0, 0.05) is 11.8 Å². The molecule has 0 radical (unpaired) electrons. The average molecular weight is 361 g/mol. The SMILES string of the molecule is N#CCC1(n2cc(-c3nc(N)nn4c(C(N)=O)ccc34)cn2)CC(C#N)C1. The van der Waals surface area contributed by atoms with E-state index in [1.807, 2.05) is 0 Å². The summed E-state index contributed by atoms with van der Waals surface area (Å²) in [6.45, 7) is 0. The monoisotopic (exact) mass is 361 g/mol. The van der Waals surface area contributed by atoms with Gasteiger partial charge in [0.1, 0.15) is 11.4 Å². The molecule has 1 aliphatic rings. The van der Waals surface area contributed by atoms with Crippen LogP contribution in [-0.4, -0.2) is 30.3 Å². The molecule has 1 saturated carbocycles. The number of nitrogens with two attached hydrogens (primary N) is 2. The summed E-state index contributed by atoms with van der Waals surface area (Å²) >= 11 is 0. The Balaban J connectivity index is 1.79. The van der Waals surface area contributed by atoms with Crippen LogP contribution in [0.2, 0.25) is 0 Å². The van der Waals surface area contributed by atoms with Crippen molar-refractivity contribution >= 4 is 17.4 Å². The molecule has 3 aromatic heterocycles. The van der Waals surface area contributed by atoms with Crippen molar-refractivity contribution < 1.29 is 4.79 Å². The van der Waals surface area contributed by atoms with E-state index in [0.29, 0.717) is 29.6 Å². The number of amides is 1. The molecule has 1 amide bonds. The van der Waals surface area contributed by atoms with Gasteiger partial charge in [-0.25, -0.2) is 9.50 Å². The van der Waals surface area contributed by atoms with Crippen molar-refractivity contribution in [3.8, 4) is 23.4 Å². The fourth-order valence-corrected chi connectivity index (χ4v) is 3.62. The van der Waals surface area contributed by atoms with Crippen LogP contribution in [0.4, 0.5) is 5.95 Å². The van der Waals surface area contributed by atoms with Crippen LogP contribution < -0.4 is 11.5 Å². The van der Waals surface area contributed by atoms with Gasteiger partial charge in [-0.3, -0.25) is 9.48 Å². The Kier molecular flexibility index (Phi) is 3.56. The second-order valence-electron chi connectivity index (χ2n) is 6.67. The van der Waals surface area contributed by atoms with E-state index in [9.17, 15) is 10.1 Å². The smallest absolute Gasteiger partial charge is 0.267 e. The Hall–Kier alpha value is -3.92. The first-order chi connectivity index (χ1) is 13.0. The van der Waals surface area contributed by atoms with Gasteiger partial charge in [-0.2, -0.15) is 15.6 Å². The van der Waals surface area contributed by atoms with Crippen molar-refractivity contribution in [3.05, 3.63) is 30.2 Å². The van der Waals surface area contributed by atoms with E-state index in [0.717, 1.165) is 0 Å². The van der Waals surface area contributed by atoms with Crippen LogP contribution in [0.15, 0.2) is 24.5 Å². The Labute approximate surface area is 153 Å². The third-order valence-electron chi connectivity index (χ3n) is 4.96. The van der Waals surface area contributed by atoms with Gasteiger partial charge in [0.15, 0.2) is 0 Å². The molecule has 0 aliphatic heterocycles. The number of nitrogen functional groups attached to an aromatic ring is 1. The molecule has 4 N–H and O–H groups in total. The number of hydrogen-bond acceptors (Lipinski definition) is 7. The van der Waals surface area contributed by atoms with Gasteiger partial charge in [-0.1, -0.05) is 0 Å². The van der Waals surface area contributed by atoms with E-state index in [1.54, 1.807) is 29.2 Å². The Morgan fingerprint density at radius 2 is 2.15 bits per heavy atom. The zero-order valence-corrected chi connectivity index (χ0v) is 14.2. The minimum atomic E-state index is -0.625. The van der Waals surface area contributed by atoms with Gasteiger partial charge < -0.3 is 11.5 Å². The summed E-state index contributed by atoms with van der Waals surface area (Å²) in [5.74, 6) is -0.709. The minimum Gasteiger partial charge on any atom is -0.367 e. The van der Waals surface area contributed by atoms with E-state index in [4.69, 9.17) is 16.7 Å². The second-order valence-corrected chi connectivity index (χ2v) is 6.67. The van der Waals surface area contributed by atoms with Crippen LogP contribution in [0, 0.1) is 28.6 Å². The summed E-state index contributed by atoms with van der Waals surface area (Å²) in [5, 5.41) is 26.7. The Bertz CT molecular complexity index is 1140. The van der Waals surface area contributed by atoms with Gasteiger partial charge >= 0.3 is 0 Å². The largest absolute Gasteiger partial charge is 0.367 e. The molecule has 0 saturated heterocycles. The molecule has 0 bridgehead atoms. The minimum absolute atomic E-state index is 0.0103. The summed E-state index contributed by atoms with van der Waals surface area (Å²) in [6.07, 6.45) is 4.83. The van der Waals surface area contributed by atoms with Crippen molar-refractivity contribution in [2.24, 2.45) is 11.7 Å². The molecule has 1 aliphatic carbocycles. The van der Waals surface area contributed by atoms with Crippen molar-refractivity contribution in [1.82, 2.24) is 24.4 Å². The maximum Gasteiger partial charge on any atom is 0.267 e. The van der Waals surface area contributed by atoms with Gasteiger partial charge in [0.25, 0.3) is 5.91 Å². The standard InChI is InChI=1S/C17H15N9O/c18-4-3-17(5-10(6-17)7-19)25-9-11(8-22-25)14-12-1-2-13(15(20)27)26(12)24-16(21)23-14/h1-2,8-10H,3,5-6H2,(H2,20,27)(H2,21,24). The molecule has 3 aromatic rings. The molecule has 10 nitrogen and oxygen atoms in total. The zero-order valence-electron chi connectivity index (χ0n) is 14.2. The normalized spacial score (nSPS) is 21.3. The fraction of sp³-hybridized carbons (Fsp3) is 0.294. The van der Waals surface area contributed by atoms with Gasteiger partial charge in [-0.05, 0) is 25.0 Å². The number of nitriles is 2. The summed E-state index contributed by atoms with van der Waals surface area (Å²) in [6, 6.07) is 7.66. The van der Waals surface area contributed by atoms with Crippen LogP contribution in [0.5, 0.6) is 0 Å². The van der Waals surface area contributed by atoms with Crippen molar-refractivity contribution in [2.45, 2.75) is 24.8 Å². The molecule has 10 heteroatoms. The first kappa shape index (κ1) is 16.5. The third kappa shape index (κ3) is 2.47. The molecule has 0 unspecified atom stereocenters. The quantitative estimate of drug-likeness (QED) is 0.694. The number of nitrogens with zero attached hydrogens (tertiary/aromatic N) is 7. The zero-order chi connectivity index (χ0) is 19.2. The number of anilines is 1. The third-order valence-corrected chi connectivity index (χ3v) is 4.96. The second kappa shape index (κ2) is 5.81. The highest BCUT2D eigenvalue weighted by Crippen LogP contribution is 2.46. The summed E-state index contributed by atoms with van der Waals surface area (Å²) in [5.41, 5.74) is 12.6. The number of carbonyl (C=O) groups is 1. The molecule has 134 valence electrons. The summed E-state index contributed by atoms with van der Waals surface area (Å²) in [7, 11) is 0. The number of aromatic nitrogens is 5. The molecule has 4 rings (SSSR count). The van der Waals surface area contributed by atoms with Crippen LogP contribution in [-0.2, 0) is 5.54 Å². The molecule has 0 aromatic carbocycles. The van der Waals surface area contributed by atoms with E-state index >= 15 is 0 Å². The Morgan fingerprint density at radius 3 is 2.81 bits per heavy atom. The average Bonchev–Trinajstić information content (AvgIpc) is 3.24. The van der Waals surface area contributed by atoms with Gasteiger partial charge in [0.05, 0.1) is 41.7 Å². The lowest BCUT2D eigenvalue weighted by molar-refractivity contribution is 0.0881. The van der Waals surface area contributed by atoms with E-state index in [-0.39, 0.29) is 24.0 Å². The maximum absolute atomic E-state index is 11.6. The highest BCUT2D eigenvalue weighted by Gasteiger charge is 2.46. The van der Waals surface area contributed by atoms with Gasteiger partial charge in [0.2, 0.25) is 5.95 Å². The predicted molar refractivity (Wildman–Crippen MR) is 93.7 cm³/mol. The van der Waals surface area contributed by atoms with E-state index < -0.39 is 11.4 Å². The lowest BCUT2D eigenvalue weighted by Crippen LogP contribution is -2.46. The number of fused-ring (bicyclic) bond motifs is 1. The van der Waals surface area contributed by atoms with Crippen molar-refractivity contribution in [1.29, 1.82) is 10.5 Å². The van der Waals surface area contributed by atoms with Crippen molar-refractivity contribution in [2.75, 3.05) is 5.73 Å². The molecule has 0 atom stereocenters. The number of hydrogen-bond donors (Lipinski definition) is 2. The molecule has 3 heterocycles. The number of rotatable bonds is 4. The molecule has 0 spiro atoms. The van der Waals surface area contributed by atoms with E-state index in [2.05, 4.69) is 27.3 Å². The summed E-state index contributed by atoms with van der Waals surface area (Å²) < 4.78 is 3.09. The first-order valence-electron chi connectivity index (χ1n) is 8.24. The van der Waals surface area contributed by atoms with Crippen LogP contribution in [0.25, 0.3) is 16.8 Å². The summed E-state index contributed by atoms with van der Waals surface area (Å²) in [4.78, 5) is 15.9. The first-order valence-corrected chi connectivity index (χ1v) is 8.24. The van der Waals surface area contributed by atoms with Crippen LogP contribution in [0.1, 0.15) is 29.8 Å². The van der Waals surface area contributed by atoms with Crippen molar-refractivity contribution in [3.63, 3.8) is 0 Å². The molecule has 1 fully saturated rings. The van der Waals surface area contributed by atoms with Crippen LogP contribution >= 0.6 is 0 Å². The van der Waals surface area contributed by atoms with E-state index in [1.165, 1.54) is 4.52 Å². The maximum atomic E-state index is 11.6. The van der Waals surface area contributed by atoms with Crippen LogP contribution in [0.3, 0.4) is 0 Å². The van der Waals surface area contributed by atoms with Gasteiger partial charge in [-0.15, -0.1) is 5.10 Å². The fourth-order valence-electron chi connectivity index (χ4n) is 3.62. The number of carbonyl (C=O) groups excluding carboxylic acids is 1. The molecular formula is C17H15N9O. The molecular weight excluding hydrogens is 346 g/mol. The highest BCUT2D eigenvalue weighted by atomic mass is 16.1. The lowest BCUT2D eigenvalue weighted by atomic mass is 9.67. The highest BCUT2D eigenvalue weighted by molar-refractivity contribution is 5.93. The number of primary amides is 1. The Morgan fingerprint density at radius 1 is 1.37 bits per heavy atom. The lowest BCUT2D eigenvalue weighted by Gasteiger charge is -2.43. The topological polar surface area (TPSA) is 165 Å².